The van der Waals surface area contributed by atoms with Crippen LogP contribution in [0.3, 0.4) is 0 Å². The maximum Gasteiger partial charge on any atom is 0.251 e. The van der Waals surface area contributed by atoms with Crippen molar-refractivity contribution in [1.82, 2.24) is 14.9 Å². The van der Waals surface area contributed by atoms with E-state index >= 15 is 0 Å². The number of rotatable bonds is 6. The lowest BCUT2D eigenvalue weighted by Crippen LogP contribution is -2.28. The third kappa shape index (κ3) is 4.15. The molecular weight excluding hydrogens is 310 g/mol. The molecule has 0 saturated carbocycles. The normalized spacial score (nSPS) is 11.9. The first kappa shape index (κ1) is 17.0. The first-order chi connectivity index (χ1) is 12.2. The summed E-state index contributed by atoms with van der Waals surface area (Å²) in [5.74, 6) is 0.941. The summed E-state index contributed by atoms with van der Waals surface area (Å²) in [5.41, 5.74) is 2.96. The van der Waals surface area contributed by atoms with Crippen molar-refractivity contribution in [1.29, 1.82) is 0 Å². The number of benzene rings is 2. The Kier molecular flexibility index (Phi) is 5.29. The maximum atomic E-state index is 12.5. The molecule has 1 aromatic heterocycles. The van der Waals surface area contributed by atoms with E-state index in [1.807, 2.05) is 67.7 Å². The zero-order valence-electron chi connectivity index (χ0n) is 14.6. The van der Waals surface area contributed by atoms with E-state index in [0.717, 1.165) is 29.9 Å². The summed E-state index contributed by atoms with van der Waals surface area (Å²) in [4.78, 5) is 16.8. The average molecular weight is 333 g/mol. The molecule has 0 aliphatic rings. The summed E-state index contributed by atoms with van der Waals surface area (Å²) < 4.78 is 2.08. The molecule has 0 bridgehead atoms. The van der Waals surface area contributed by atoms with E-state index in [1.165, 1.54) is 0 Å². The van der Waals surface area contributed by atoms with Crippen molar-refractivity contribution in [2.24, 2.45) is 0 Å². The van der Waals surface area contributed by atoms with E-state index < -0.39 is 0 Å². The van der Waals surface area contributed by atoms with Gasteiger partial charge >= 0.3 is 0 Å². The van der Waals surface area contributed by atoms with Gasteiger partial charge in [-0.1, -0.05) is 49.4 Å². The van der Waals surface area contributed by atoms with Gasteiger partial charge in [0.2, 0.25) is 0 Å². The van der Waals surface area contributed by atoms with Crippen LogP contribution in [0.25, 0.3) is 0 Å². The highest BCUT2D eigenvalue weighted by Crippen LogP contribution is 2.17. The van der Waals surface area contributed by atoms with Crippen molar-refractivity contribution in [3.05, 3.63) is 89.5 Å². The van der Waals surface area contributed by atoms with Gasteiger partial charge in [0, 0.05) is 24.5 Å². The van der Waals surface area contributed by atoms with Crippen molar-refractivity contribution < 1.29 is 4.79 Å². The van der Waals surface area contributed by atoms with Gasteiger partial charge in [0.15, 0.2) is 0 Å². The van der Waals surface area contributed by atoms with Crippen LogP contribution in [0, 0.1) is 6.92 Å². The Morgan fingerprint density at radius 1 is 1.12 bits per heavy atom. The van der Waals surface area contributed by atoms with Crippen molar-refractivity contribution in [2.75, 3.05) is 0 Å². The zero-order chi connectivity index (χ0) is 17.6. The van der Waals surface area contributed by atoms with Crippen molar-refractivity contribution >= 4 is 5.91 Å². The number of nitrogens with zero attached hydrogens (tertiary/aromatic N) is 2. The monoisotopic (exact) mass is 333 g/mol. The maximum absolute atomic E-state index is 12.5. The third-order valence-electron chi connectivity index (χ3n) is 4.41. The molecule has 0 fully saturated rings. The van der Waals surface area contributed by atoms with Crippen molar-refractivity contribution in [3.8, 4) is 0 Å². The largest absolute Gasteiger partial charge is 0.345 e. The van der Waals surface area contributed by atoms with Crippen LogP contribution in [0.4, 0.5) is 0 Å². The van der Waals surface area contributed by atoms with Crippen molar-refractivity contribution in [2.45, 2.75) is 32.9 Å². The van der Waals surface area contributed by atoms with Crippen LogP contribution in [0.2, 0.25) is 0 Å². The van der Waals surface area contributed by atoms with E-state index in [0.29, 0.717) is 5.56 Å². The Morgan fingerprint density at radius 3 is 2.44 bits per heavy atom. The second kappa shape index (κ2) is 7.79. The number of hydrogen-bond acceptors (Lipinski definition) is 2. The lowest BCUT2D eigenvalue weighted by Gasteiger charge is -2.17. The molecule has 1 heterocycles. The summed E-state index contributed by atoms with van der Waals surface area (Å²) in [6.07, 6.45) is 4.61. The highest BCUT2D eigenvalue weighted by atomic mass is 16.1. The molecule has 0 saturated heterocycles. The number of hydrogen-bond donors (Lipinski definition) is 1. The number of amides is 1. The minimum Gasteiger partial charge on any atom is -0.345 e. The number of aryl methyl sites for hydroxylation is 1. The van der Waals surface area contributed by atoms with Gasteiger partial charge in [-0.05, 0) is 36.6 Å². The van der Waals surface area contributed by atoms with Crippen LogP contribution in [0.1, 0.15) is 46.7 Å². The second-order valence-corrected chi connectivity index (χ2v) is 6.14. The molecule has 1 atom stereocenters. The van der Waals surface area contributed by atoms with Gasteiger partial charge in [0.25, 0.3) is 5.91 Å². The molecule has 3 aromatic rings. The minimum absolute atomic E-state index is 0.0296. The molecule has 0 aliphatic carbocycles. The molecule has 1 N–H and O–H groups in total. The fourth-order valence-corrected chi connectivity index (χ4v) is 2.88. The van der Waals surface area contributed by atoms with Crippen LogP contribution in [-0.4, -0.2) is 15.5 Å². The van der Waals surface area contributed by atoms with Gasteiger partial charge in [-0.3, -0.25) is 4.79 Å². The molecule has 0 aliphatic heterocycles. The van der Waals surface area contributed by atoms with Gasteiger partial charge in [-0.25, -0.2) is 4.98 Å². The van der Waals surface area contributed by atoms with Gasteiger partial charge in [0.1, 0.15) is 5.82 Å². The van der Waals surface area contributed by atoms with Crippen LogP contribution < -0.4 is 5.32 Å². The summed E-state index contributed by atoms with van der Waals surface area (Å²) in [6, 6.07) is 17.9. The smallest absolute Gasteiger partial charge is 0.251 e. The summed E-state index contributed by atoms with van der Waals surface area (Å²) in [5, 5.41) is 3.12. The van der Waals surface area contributed by atoms with Gasteiger partial charge in [-0.2, -0.15) is 0 Å². The molecule has 3 rings (SSSR count). The van der Waals surface area contributed by atoms with Crippen LogP contribution in [0.15, 0.2) is 67.0 Å². The van der Waals surface area contributed by atoms with Crippen LogP contribution in [-0.2, 0) is 6.54 Å². The summed E-state index contributed by atoms with van der Waals surface area (Å²) in [7, 11) is 0. The van der Waals surface area contributed by atoms with Gasteiger partial charge in [0.05, 0.1) is 6.04 Å². The molecule has 2 aromatic carbocycles. The average Bonchev–Trinajstić information content (AvgIpc) is 3.05. The van der Waals surface area contributed by atoms with E-state index in [2.05, 4.69) is 21.8 Å². The Hall–Kier alpha value is -2.88. The van der Waals surface area contributed by atoms with E-state index in [9.17, 15) is 4.79 Å². The van der Waals surface area contributed by atoms with Crippen molar-refractivity contribution in [3.63, 3.8) is 0 Å². The molecule has 0 unspecified atom stereocenters. The van der Waals surface area contributed by atoms with E-state index in [4.69, 9.17) is 0 Å². The highest BCUT2D eigenvalue weighted by molar-refractivity contribution is 5.94. The molecule has 128 valence electrons. The molecular formula is C21H23N3O. The Morgan fingerprint density at radius 2 is 1.84 bits per heavy atom. The molecule has 25 heavy (non-hydrogen) atoms. The van der Waals surface area contributed by atoms with Crippen LogP contribution in [0.5, 0.6) is 0 Å². The molecule has 4 heteroatoms. The predicted molar refractivity (Wildman–Crippen MR) is 99.4 cm³/mol. The Labute approximate surface area is 148 Å². The second-order valence-electron chi connectivity index (χ2n) is 6.14. The molecule has 1 amide bonds. The first-order valence-corrected chi connectivity index (χ1v) is 8.60. The molecule has 4 nitrogen and oxygen atoms in total. The van der Waals surface area contributed by atoms with Gasteiger partial charge in [-0.15, -0.1) is 0 Å². The minimum atomic E-state index is -0.0407. The Bertz CT molecular complexity index is 822. The number of aromatic nitrogens is 2. The first-order valence-electron chi connectivity index (χ1n) is 8.60. The quantitative estimate of drug-likeness (QED) is 0.737. The number of imidazole rings is 1. The standard InChI is InChI=1S/C21H23N3O/c1-3-20(18-7-5-4-6-8-18)23-21(25)19-11-9-17(10-12-19)15-24-14-13-22-16(24)2/h4-14,20H,3,15H2,1-2H3,(H,23,25)/t20-/m0/s1. The van der Waals surface area contributed by atoms with E-state index in [1.54, 1.807) is 6.20 Å². The summed E-state index contributed by atoms with van der Waals surface area (Å²) in [6.45, 7) is 4.82. The van der Waals surface area contributed by atoms with E-state index in [-0.39, 0.29) is 11.9 Å². The Balaban J connectivity index is 1.67. The highest BCUT2D eigenvalue weighted by Gasteiger charge is 2.13. The lowest BCUT2D eigenvalue weighted by molar-refractivity contribution is 0.0935. The fraction of sp³-hybridized carbons (Fsp3) is 0.238. The third-order valence-corrected chi connectivity index (χ3v) is 4.41. The summed E-state index contributed by atoms with van der Waals surface area (Å²) >= 11 is 0. The lowest BCUT2D eigenvalue weighted by atomic mass is 10.0. The zero-order valence-corrected chi connectivity index (χ0v) is 14.6. The predicted octanol–water partition coefficient (Wildman–Crippen LogP) is 4.12. The number of nitrogens with one attached hydrogen (secondary N) is 1. The number of carbonyl (C=O) groups is 1. The molecule has 0 radical (unpaired) electrons. The van der Waals surface area contributed by atoms with Crippen LogP contribution >= 0.6 is 0 Å². The SMILES string of the molecule is CC[C@H](NC(=O)c1ccc(Cn2ccnc2C)cc1)c1ccccc1. The fourth-order valence-electron chi connectivity index (χ4n) is 2.88. The molecule has 0 spiro atoms. The number of carbonyl (C=O) groups excluding carboxylic acids is 1. The topological polar surface area (TPSA) is 46.9 Å². The van der Waals surface area contributed by atoms with Gasteiger partial charge < -0.3 is 9.88 Å².